The molecule has 1 N–H and O–H groups in total. The number of hydrogen-bond acceptors (Lipinski definition) is 2. The Kier molecular flexibility index (Phi) is 3.57. The lowest BCUT2D eigenvalue weighted by Crippen LogP contribution is -2.32. The van der Waals surface area contributed by atoms with Gasteiger partial charge in [0.1, 0.15) is 0 Å². The summed E-state index contributed by atoms with van der Waals surface area (Å²) in [6.45, 7) is 4.78. The Morgan fingerprint density at radius 3 is 2.53 bits per heavy atom. The molecule has 1 unspecified atom stereocenters. The number of nitrogens with one attached hydrogen (secondary N) is 1. The molecule has 0 bridgehead atoms. The van der Waals surface area contributed by atoms with Crippen LogP contribution >= 0.6 is 0 Å². The van der Waals surface area contributed by atoms with Crippen LogP contribution in [0.25, 0.3) is 0 Å². The zero-order valence-electron chi connectivity index (χ0n) is 11.5. The predicted octanol–water partition coefficient (Wildman–Crippen LogP) is 2.90. The molecule has 0 amide bonds. The van der Waals surface area contributed by atoms with Crippen LogP contribution in [0.5, 0.6) is 0 Å². The van der Waals surface area contributed by atoms with Gasteiger partial charge in [0.25, 0.3) is 0 Å². The fourth-order valence-corrected chi connectivity index (χ4v) is 3.07. The average Bonchev–Trinajstić information content (AvgIpc) is 2.69. The van der Waals surface area contributed by atoms with E-state index in [-0.39, 0.29) is 0 Å². The molecule has 1 atom stereocenters. The summed E-state index contributed by atoms with van der Waals surface area (Å²) in [4.78, 5) is 0. The minimum atomic E-state index is 0.457. The molecule has 0 aliphatic heterocycles. The van der Waals surface area contributed by atoms with Gasteiger partial charge in [-0.25, -0.2) is 0 Å². The molecule has 3 heteroatoms. The van der Waals surface area contributed by atoms with Crippen molar-refractivity contribution in [1.82, 2.24) is 15.1 Å². The highest BCUT2D eigenvalue weighted by Crippen LogP contribution is 2.42. The normalized spacial score (nSPS) is 22.6. The molecule has 1 fully saturated rings. The molecule has 1 aromatic heterocycles. The predicted molar refractivity (Wildman–Crippen MR) is 70.7 cm³/mol. The van der Waals surface area contributed by atoms with Gasteiger partial charge >= 0.3 is 0 Å². The van der Waals surface area contributed by atoms with Crippen molar-refractivity contribution >= 4 is 0 Å². The maximum absolute atomic E-state index is 4.29. The first-order valence-electron chi connectivity index (χ1n) is 6.69. The molecule has 17 heavy (non-hydrogen) atoms. The maximum atomic E-state index is 4.29. The van der Waals surface area contributed by atoms with E-state index in [0.29, 0.717) is 11.5 Å². The lowest BCUT2D eigenvalue weighted by Gasteiger charge is -2.38. The first-order valence-corrected chi connectivity index (χ1v) is 6.69. The summed E-state index contributed by atoms with van der Waals surface area (Å²) in [6, 6.07) is 2.60. The van der Waals surface area contributed by atoms with Crippen molar-refractivity contribution < 1.29 is 0 Å². The Morgan fingerprint density at radius 2 is 2.06 bits per heavy atom. The van der Waals surface area contributed by atoms with Crippen molar-refractivity contribution in [3.63, 3.8) is 0 Å². The number of hydrogen-bond donors (Lipinski definition) is 1. The number of nitrogens with zero attached hydrogens (tertiary/aromatic N) is 2. The van der Waals surface area contributed by atoms with Crippen LogP contribution in [0.4, 0.5) is 0 Å². The molecular formula is C14H25N3. The van der Waals surface area contributed by atoms with Crippen molar-refractivity contribution in [2.24, 2.45) is 18.4 Å². The first-order chi connectivity index (χ1) is 8.03. The summed E-state index contributed by atoms with van der Waals surface area (Å²) in [5.74, 6) is 0.753. The Bertz CT molecular complexity index is 357. The molecule has 96 valence electrons. The molecule has 3 nitrogen and oxygen atoms in total. The Hall–Kier alpha value is -0.830. The van der Waals surface area contributed by atoms with Gasteiger partial charge < -0.3 is 5.32 Å². The van der Waals surface area contributed by atoms with E-state index in [1.807, 2.05) is 17.9 Å². The fraction of sp³-hybridized carbons (Fsp3) is 0.786. The smallest absolute Gasteiger partial charge is 0.0553 e. The third-order valence-electron chi connectivity index (χ3n) is 4.34. The molecule has 0 saturated heterocycles. The van der Waals surface area contributed by atoms with E-state index in [0.717, 1.165) is 5.92 Å². The second-order valence-corrected chi connectivity index (χ2v) is 6.15. The van der Waals surface area contributed by atoms with E-state index in [4.69, 9.17) is 0 Å². The lowest BCUT2D eigenvalue weighted by molar-refractivity contribution is 0.161. The summed E-state index contributed by atoms with van der Waals surface area (Å²) in [5, 5.41) is 7.77. The fourth-order valence-electron chi connectivity index (χ4n) is 3.07. The summed E-state index contributed by atoms with van der Waals surface area (Å²) < 4.78 is 2.00. The van der Waals surface area contributed by atoms with Crippen LogP contribution in [0.2, 0.25) is 0 Å². The Morgan fingerprint density at radius 1 is 1.41 bits per heavy atom. The molecule has 1 aliphatic rings. The van der Waals surface area contributed by atoms with Gasteiger partial charge in [-0.15, -0.1) is 0 Å². The van der Waals surface area contributed by atoms with Gasteiger partial charge in [0.05, 0.1) is 11.7 Å². The van der Waals surface area contributed by atoms with Crippen molar-refractivity contribution in [2.45, 2.75) is 45.6 Å². The number of aryl methyl sites for hydroxylation is 1. The molecule has 1 aliphatic carbocycles. The van der Waals surface area contributed by atoms with Crippen LogP contribution in [-0.2, 0) is 7.05 Å². The van der Waals surface area contributed by atoms with Crippen LogP contribution in [-0.4, -0.2) is 16.8 Å². The average molecular weight is 235 g/mol. The van der Waals surface area contributed by atoms with E-state index in [1.54, 1.807) is 0 Å². The topological polar surface area (TPSA) is 29.9 Å². The first kappa shape index (κ1) is 12.6. The molecule has 0 aromatic carbocycles. The van der Waals surface area contributed by atoms with Gasteiger partial charge in [-0.3, -0.25) is 4.68 Å². The molecule has 0 radical (unpaired) electrons. The van der Waals surface area contributed by atoms with Crippen LogP contribution < -0.4 is 5.32 Å². The summed E-state index contributed by atoms with van der Waals surface area (Å²) in [7, 11) is 4.10. The highest BCUT2D eigenvalue weighted by molar-refractivity contribution is 5.08. The second-order valence-electron chi connectivity index (χ2n) is 6.15. The quantitative estimate of drug-likeness (QED) is 0.873. The standard InChI is InChI=1S/C14H25N3/c1-14(2)8-5-11(6-9-14)13(15-3)12-7-10-16-17(12)4/h7,10-11,13,15H,5-6,8-9H2,1-4H3. The van der Waals surface area contributed by atoms with Gasteiger partial charge in [-0.1, -0.05) is 13.8 Å². The summed E-state index contributed by atoms with van der Waals surface area (Å²) >= 11 is 0. The number of rotatable bonds is 3. The third kappa shape index (κ3) is 2.71. The molecule has 1 aromatic rings. The molecular weight excluding hydrogens is 210 g/mol. The monoisotopic (exact) mass is 235 g/mol. The Balaban J connectivity index is 2.08. The highest BCUT2D eigenvalue weighted by atomic mass is 15.3. The minimum Gasteiger partial charge on any atom is -0.311 e. The van der Waals surface area contributed by atoms with E-state index < -0.39 is 0 Å². The van der Waals surface area contributed by atoms with Crippen LogP contribution in [0.15, 0.2) is 12.3 Å². The van der Waals surface area contributed by atoms with Gasteiger partial charge in [-0.05, 0) is 50.1 Å². The highest BCUT2D eigenvalue weighted by Gasteiger charge is 2.32. The van der Waals surface area contributed by atoms with Crippen molar-refractivity contribution in [2.75, 3.05) is 7.05 Å². The Labute approximate surface area is 105 Å². The van der Waals surface area contributed by atoms with E-state index in [2.05, 4.69) is 37.4 Å². The minimum absolute atomic E-state index is 0.457. The zero-order chi connectivity index (χ0) is 12.5. The lowest BCUT2D eigenvalue weighted by atomic mass is 9.70. The summed E-state index contributed by atoms with van der Waals surface area (Å²) in [6.07, 6.45) is 7.22. The van der Waals surface area contributed by atoms with Gasteiger partial charge in [0.2, 0.25) is 0 Å². The van der Waals surface area contributed by atoms with Crippen LogP contribution in [0.1, 0.15) is 51.3 Å². The van der Waals surface area contributed by atoms with Crippen molar-refractivity contribution in [3.8, 4) is 0 Å². The van der Waals surface area contributed by atoms with Gasteiger partial charge in [0.15, 0.2) is 0 Å². The van der Waals surface area contributed by atoms with Crippen LogP contribution in [0.3, 0.4) is 0 Å². The van der Waals surface area contributed by atoms with E-state index in [9.17, 15) is 0 Å². The van der Waals surface area contributed by atoms with Gasteiger partial charge in [0, 0.05) is 13.2 Å². The second kappa shape index (κ2) is 4.81. The van der Waals surface area contributed by atoms with E-state index >= 15 is 0 Å². The van der Waals surface area contributed by atoms with Crippen molar-refractivity contribution in [1.29, 1.82) is 0 Å². The maximum Gasteiger partial charge on any atom is 0.0553 e. The van der Waals surface area contributed by atoms with E-state index in [1.165, 1.54) is 31.4 Å². The molecule has 1 saturated carbocycles. The SMILES string of the molecule is CNC(c1ccnn1C)C1CCC(C)(C)CC1. The molecule has 0 spiro atoms. The molecule has 2 rings (SSSR count). The third-order valence-corrected chi connectivity index (χ3v) is 4.34. The zero-order valence-corrected chi connectivity index (χ0v) is 11.5. The van der Waals surface area contributed by atoms with Crippen molar-refractivity contribution in [3.05, 3.63) is 18.0 Å². The molecule has 1 heterocycles. The number of aromatic nitrogens is 2. The van der Waals surface area contributed by atoms with Gasteiger partial charge in [-0.2, -0.15) is 5.10 Å². The largest absolute Gasteiger partial charge is 0.311 e. The van der Waals surface area contributed by atoms with Crippen LogP contribution in [0, 0.1) is 11.3 Å². The summed E-state index contributed by atoms with van der Waals surface area (Å²) in [5.41, 5.74) is 1.86.